The van der Waals surface area contributed by atoms with Crippen molar-refractivity contribution in [1.29, 1.82) is 0 Å². The first-order valence-corrected chi connectivity index (χ1v) is 20.8. The van der Waals surface area contributed by atoms with Crippen molar-refractivity contribution >= 4 is 45.4 Å². The summed E-state index contributed by atoms with van der Waals surface area (Å²) in [7, 11) is 1.92. The van der Waals surface area contributed by atoms with Gasteiger partial charge >= 0.3 is 6.18 Å². The van der Waals surface area contributed by atoms with Gasteiger partial charge < -0.3 is 23.7 Å². The van der Waals surface area contributed by atoms with Gasteiger partial charge in [-0.25, -0.2) is 4.98 Å². The number of rotatable bonds is 13. The van der Waals surface area contributed by atoms with E-state index in [9.17, 15) is 32.3 Å². The summed E-state index contributed by atoms with van der Waals surface area (Å²) in [6, 6.07) is 12.3. The third kappa shape index (κ3) is 8.18. The van der Waals surface area contributed by atoms with E-state index in [1.165, 1.54) is 12.3 Å². The fourth-order valence-corrected chi connectivity index (χ4v) is 8.91. The summed E-state index contributed by atoms with van der Waals surface area (Å²) in [5.74, 6) is -2.12. The molecule has 13 nitrogen and oxygen atoms in total. The molecule has 0 bridgehead atoms. The van der Waals surface area contributed by atoms with E-state index in [2.05, 4.69) is 20.2 Å². The molecule has 5 aromatic rings. The summed E-state index contributed by atoms with van der Waals surface area (Å²) in [4.78, 5) is 61.6. The number of fused-ring (bicyclic) bond motifs is 4. The van der Waals surface area contributed by atoms with Crippen molar-refractivity contribution in [3.63, 3.8) is 0 Å². The Hall–Kier alpha value is -5.87. The smallest absolute Gasteiger partial charge is 0.421 e. The number of amides is 4. The van der Waals surface area contributed by atoms with Crippen LogP contribution in [0.15, 0.2) is 67.1 Å². The summed E-state index contributed by atoms with van der Waals surface area (Å²) in [5, 5.41) is 4.15. The molecule has 0 spiro atoms. The van der Waals surface area contributed by atoms with Gasteiger partial charge in [-0.15, -0.1) is 0 Å². The van der Waals surface area contributed by atoms with E-state index in [-0.39, 0.29) is 36.2 Å². The predicted molar refractivity (Wildman–Crippen MR) is 217 cm³/mol. The number of hydrogen-bond donors (Lipinski definition) is 1. The third-order valence-corrected chi connectivity index (χ3v) is 12.3. The number of benzene rings is 2. The summed E-state index contributed by atoms with van der Waals surface area (Å²) in [6.45, 7) is 3.20. The largest absolute Gasteiger partial charge is 0.494 e. The maximum Gasteiger partial charge on any atom is 0.421 e. The average molecular weight is 839 g/mol. The van der Waals surface area contributed by atoms with Crippen LogP contribution < -0.4 is 14.8 Å². The van der Waals surface area contributed by atoms with Crippen molar-refractivity contribution in [3.05, 3.63) is 83.8 Å². The minimum atomic E-state index is -4.64. The van der Waals surface area contributed by atoms with Gasteiger partial charge in [0.25, 0.3) is 11.8 Å². The fraction of sp³-hybridized carbons (Fsp3) is 0.422. The number of nitrogens with zero attached hydrogens (tertiary/aromatic N) is 5. The Balaban J connectivity index is 0.684. The number of nitrogens with one attached hydrogen (secondary N) is 1. The molecule has 6 heterocycles. The van der Waals surface area contributed by atoms with E-state index in [0.29, 0.717) is 36.3 Å². The molecule has 2 saturated heterocycles. The first-order valence-electron chi connectivity index (χ1n) is 20.8. The lowest BCUT2D eigenvalue weighted by molar-refractivity contribution is -0.142. The van der Waals surface area contributed by atoms with Crippen LogP contribution in [0, 0.1) is 0 Å². The van der Waals surface area contributed by atoms with Gasteiger partial charge in [-0.3, -0.25) is 34.4 Å². The van der Waals surface area contributed by atoms with E-state index < -0.39 is 53.4 Å². The minimum absolute atomic E-state index is 0.0617. The number of carbonyl (C=O) groups excluding carboxylic acids is 4. The van der Waals surface area contributed by atoms with Crippen LogP contribution in [-0.2, 0) is 27.5 Å². The van der Waals surface area contributed by atoms with E-state index in [1.54, 1.807) is 24.5 Å². The third-order valence-electron chi connectivity index (χ3n) is 12.3. The summed E-state index contributed by atoms with van der Waals surface area (Å²) >= 11 is 0. The number of pyridine rings is 2. The Bertz CT molecular complexity index is 2530. The Morgan fingerprint density at radius 2 is 1.61 bits per heavy atom. The van der Waals surface area contributed by atoms with Crippen molar-refractivity contribution in [2.45, 2.75) is 88.3 Å². The van der Waals surface area contributed by atoms with Gasteiger partial charge in [0.05, 0.1) is 35.5 Å². The number of likely N-dealkylation sites (tertiary alicyclic amines) is 1. The molecule has 0 radical (unpaired) electrons. The van der Waals surface area contributed by atoms with E-state index in [4.69, 9.17) is 14.2 Å². The first-order chi connectivity index (χ1) is 29.4. The second kappa shape index (κ2) is 16.5. The maximum absolute atomic E-state index is 14.3. The average Bonchev–Trinajstić information content (AvgIpc) is 3.66. The van der Waals surface area contributed by atoms with Crippen LogP contribution in [0.2, 0.25) is 0 Å². The second-order valence-electron chi connectivity index (χ2n) is 16.3. The molecule has 1 unspecified atom stereocenters. The molecular formula is C45H45F3N6O7. The Kier molecular flexibility index (Phi) is 11.0. The van der Waals surface area contributed by atoms with Crippen LogP contribution in [0.5, 0.6) is 11.6 Å². The fourth-order valence-electron chi connectivity index (χ4n) is 8.91. The second-order valence-corrected chi connectivity index (χ2v) is 16.3. The highest BCUT2D eigenvalue weighted by molar-refractivity contribution is 6.23. The molecule has 2 aromatic carbocycles. The lowest BCUT2D eigenvalue weighted by Gasteiger charge is -2.40. The number of aromatic nitrogens is 3. The molecule has 3 aliphatic heterocycles. The molecule has 3 fully saturated rings. The number of unbranched alkanes of at least 4 members (excludes halogenated alkanes) is 2. The minimum Gasteiger partial charge on any atom is -0.494 e. The van der Waals surface area contributed by atoms with Gasteiger partial charge in [-0.1, -0.05) is 12.1 Å². The Morgan fingerprint density at radius 1 is 0.803 bits per heavy atom. The zero-order chi connectivity index (χ0) is 42.4. The molecule has 1 saturated carbocycles. The van der Waals surface area contributed by atoms with Crippen LogP contribution in [-0.4, -0.2) is 98.6 Å². The normalized spacial score (nSPS) is 21.2. The van der Waals surface area contributed by atoms with Crippen molar-refractivity contribution in [2.75, 3.05) is 26.2 Å². The number of carbonyl (C=O) groups is 4. The van der Waals surface area contributed by atoms with Crippen molar-refractivity contribution in [3.8, 4) is 22.8 Å². The lowest BCUT2D eigenvalue weighted by Crippen LogP contribution is -2.54. The van der Waals surface area contributed by atoms with Crippen molar-refractivity contribution in [2.24, 2.45) is 7.05 Å². The standard InChI is InChI=1S/C45H45F3N6O7/c1-52-37-11-14-49-25-35(37)32-7-5-26(20-39(32)52)27-19-36(45(46,47)48)42(50-24-27)61-31-21-30(22-31)60-28-12-16-53(17-13-28)15-3-2-4-18-59-29-6-8-33-34(23-29)44(58)54(43(33)57)38-9-10-40(55)51-41(38)56/h5-8,11,14,19-20,23-25,28,30-31,38H,2-4,9-10,12-13,15-18,21-22H2,1H3,(H,51,55,56). The van der Waals surface area contributed by atoms with Gasteiger partial charge in [-0.2, -0.15) is 13.2 Å². The molecule has 3 aromatic heterocycles. The van der Waals surface area contributed by atoms with E-state index in [0.717, 1.165) is 84.5 Å². The quantitative estimate of drug-likeness (QED) is 0.0988. The van der Waals surface area contributed by atoms with E-state index in [1.807, 2.05) is 35.9 Å². The lowest BCUT2D eigenvalue weighted by atomic mass is 9.91. The topological polar surface area (TPSA) is 145 Å². The maximum atomic E-state index is 14.3. The molecule has 318 valence electrons. The molecular weight excluding hydrogens is 794 g/mol. The molecule has 61 heavy (non-hydrogen) atoms. The monoisotopic (exact) mass is 838 g/mol. The zero-order valence-corrected chi connectivity index (χ0v) is 33.6. The highest BCUT2D eigenvalue weighted by Gasteiger charge is 2.45. The number of alkyl halides is 3. The SMILES string of the molecule is Cn1c2ccncc2c2ccc(-c3cnc(OC4CC(OC5CCN(CCCCCOc6ccc7c(c6)C(=O)N(C6CCC(=O)NC6=O)C7=O)CC5)C4)c(C(F)(F)F)c3)cc21. The summed E-state index contributed by atoms with van der Waals surface area (Å²) in [5.41, 5.74) is 2.37. The highest BCUT2D eigenvalue weighted by Crippen LogP contribution is 2.41. The number of ether oxygens (including phenoxy) is 3. The summed E-state index contributed by atoms with van der Waals surface area (Å²) in [6.07, 6.45) is 5.62. The highest BCUT2D eigenvalue weighted by atomic mass is 19.4. The van der Waals surface area contributed by atoms with Crippen LogP contribution in [0.4, 0.5) is 13.2 Å². The van der Waals surface area contributed by atoms with Crippen LogP contribution >= 0.6 is 0 Å². The predicted octanol–water partition coefficient (Wildman–Crippen LogP) is 6.85. The van der Waals surface area contributed by atoms with Crippen LogP contribution in [0.1, 0.15) is 84.1 Å². The molecule has 4 aliphatic rings. The van der Waals surface area contributed by atoms with Gasteiger partial charge in [-0.05, 0) is 87.0 Å². The van der Waals surface area contributed by atoms with Gasteiger partial charge in [0.15, 0.2) is 0 Å². The summed E-state index contributed by atoms with van der Waals surface area (Å²) < 4.78 is 63.0. The van der Waals surface area contributed by atoms with Crippen molar-refractivity contribution < 1.29 is 46.6 Å². The molecule has 1 aliphatic carbocycles. The molecule has 16 heteroatoms. The van der Waals surface area contributed by atoms with Crippen LogP contribution in [0.3, 0.4) is 0 Å². The Morgan fingerprint density at radius 3 is 2.39 bits per heavy atom. The number of aryl methyl sites for hydroxylation is 1. The molecule has 1 N–H and O–H groups in total. The molecule has 9 rings (SSSR count). The Labute approximate surface area is 349 Å². The zero-order valence-electron chi connectivity index (χ0n) is 33.6. The van der Waals surface area contributed by atoms with Gasteiger partial charge in [0, 0.05) is 79.8 Å². The molecule has 1 atom stereocenters. The van der Waals surface area contributed by atoms with Gasteiger partial charge in [0.2, 0.25) is 17.7 Å². The van der Waals surface area contributed by atoms with Gasteiger partial charge in [0.1, 0.15) is 23.5 Å². The first kappa shape index (κ1) is 40.5. The number of hydrogen-bond acceptors (Lipinski definition) is 10. The van der Waals surface area contributed by atoms with Crippen LogP contribution in [0.25, 0.3) is 32.9 Å². The number of piperidine rings is 2. The van der Waals surface area contributed by atoms with Crippen molar-refractivity contribution in [1.82, 2.24) is 29.7 Å². The van der Waals surface area contributed by atoms with E-state index >= 15 is 0 Å². The number of halogens is 3. The molecule has 4 amide bonds. The number of imide groups is 2.